The molecule has 0 atom stereocenters. The number of para-hydroxylation sites is 1. The normalized spacial score (nSPS) is 10.8. The molecule has 0 spiro atoms. The lowest BCUT2D eigenvalue weighted by Gasteiger charge is -2.13. The van der Waals surface area contributed by atoms with Crippen LogP contribution in [0.25, 0.3) is 0 Å². The van der Waals surface area contributed by atoms with Crippen molar-refractivity contribution in [2.45, 2.75) is 45.8 Å². The minimum absolute atomic E-state index is 0.124. The molecule has 0 amide bonds. The largest absolute Gasteiger partial charge is 0.488 e. The van der Waals surface area contributed by atoms with Crippen LogP contribution in [-0.4, -0.2) is 6.54 Å². The molecular weight excluding hydrogens is 325 g/mol. The molecule has 0 radical (unpaired) electrons. The first kappa shape index (κ1) is 18.8. The lowest BCUT2D eigenvalue weighted by Crippen LogP contribution is -2.15. The molecule has 2 nitrogen and oxygen atoms in total. The van der Waals surface area contributed by atoms with Crippen LogP contribution in [-0.2, 0) is 13.2 Å². The second-order valence-corrected chi connectivity index (χ2v) is 6.24. The Kier molecular flexibility index (Phi) is 8.06. The number of halogens is 2. The number of hydrogen-bond acceptors (Lipinski definition) is 2. The first-order valence-corrected chi connectivity index (χ1v) is 8.94. The third-order valence-corrected chi connectivity index (χ3v) is 4.28. The standard InChI is InChI=1S/C20H25ClFNO/c1-2-3-4-7-13-23-14-16-9-5-6-12-20(16)24-15-17-18(21)10-8-11-19(17)22/h5-6,8-12,23H,2-4,7,13-15H2,1H3. The minimum Gasteiger partial charge on any atom is -0.488 e. The quantitative estimate of drug-likeness (QED) is 0.553. The van der Waals surface area contributed by atoms with E-state index in [-0.39, 0.29) is 12.4 Å². The molecule has 1 N–H and O–H groups in total. The summed E-state index contributed by atoms with van der Waals surface area (Å²) in [4.78, 5) is 0. The van der Waals surface area contributed by atoms with Crippen molar-refractivity contribution >= 4 is 11.6 Å². The molecule has 0 aliphatic rings. The molecule has 0 bridgehead atoms. The summed E-state index contributed by atoms with van der Waals surface area (Å²) in [5, 5.41) is 3.83. The SMILES string of the molecule is CCCCCCNCc1ccccc1OCc1c(F)cccc1Cl. The van der Waals surface area contributed by atoms with Gasteiger partial charge in [-0.3, -0.25) is 0 Å². The van der Waals surface area contributed by atoms with Crippen LogP contribution in [0, 0.1) is 5.82 Å². The van der Waals surface area contributed by atoms with Crippen molar-refractivity contribution in [2.75, 3.05) is 6.54 Å². The highest BCUT2D eigenvalue weighted by Crippen LogP contribution is 2.23. The van der Waals surface area contributed by atoms with E-state index in [1.807, 2.05) is 24.3 Å². The lowest BCUT2D eigenvalue weighted by molar-refractivity contribution is 0.296. The molecule has 0 fully saturated rings. The highest BCUT2D eigenvalue weighted by Gasteiger charge is 2.09. The number of unbranched alkanes of at least 4 members (excludes halogenated alkanes) is 3. The van der Waals surface area contributed by atoms with Gasteiger partial charge in [0.25, 0.3) is 0 Å². The van der Waals surface area contributed by atoms with E-state index in [4.69, 9.17) is 16.3 Å². The van der Waals surface area contributed by atoms with E-state index in [0.717, 1.165) is 24.4 Å². The van der Waals surface area contributed by atoms with Gasteiger partial charge in [0, 0.05) is 17.7 Å². The van der Waals surface area contributed by atoms with Crippen molar-refractivity contribution in [1.82, 2.24) is 5.32 Å². The van der Waals surface area contributed by atoms with Crippen molar-refractivity contribution in [3.63, 3.8) is 0 Å². The third kappa shape index (κ3) is 5.81. The first-order valence-electron chi connectivity index (χ1n) is 8.56. The Morgan fingerprint density at radius 1 is 1.04 bits per heavy atom. The second-order valence-electron chi connectivity index (χ2n) is 5.83. The summed E-state index contributed by atoms with van der Waals surface area (Å²) in [6.07, 6.45) is 4.97. The molecule has 0 saturated carbocycles. The maximum Gasteiger partial charge on any atom is 0.131 e. The number of benzene rings is 2. The summed E-state index contributed by atoms with van der Waals surface area (Å²) in [5.74, 6) is 0.423. The van der Waals surface area contributed by atoms with Crippen LogP contribution in [0.2, 0.25) is 5.02 Å². The van der Waals surface area contributed by atoms with E-state index in [0.29, 0.717) is 10.6 Å². The van der Waals surface area contributed by atoms with Gasteiger partial charge >= 0.3 is 0 Å². The van der Waals surface area contributed by atoms with Crippen molar-refractivity contribution in [3.8, 4) is 5.75 Å². The highest BCUT2D eigenvalue weighted by atomic mass is 35.5. The van der Waals surface area contributed by atoms with Gasteiger partial charge in [0.2, 0.25) is 0 Å². The van der Waals surface area contributed by atoms with E-state index < -0.39 is 0 Å². The van der Waals surface area contributed by atoms with E-state index in [1.165, 1.54) is 31.7 Å². The van der Waals surface area contributed by atoms with Crippen molar-refractivity contribution in [2.24, 2.45) is 0 Å². The predicted molar refractivity (Wildman–Crippen MR) is 98.0 cm³/mol. The zero-order valence-electron chi connectivity index (χ0n) is 14.2. The molecule has 0 heterocycles. The Labute approximate surface area is 149 Å². The first-order chi connectivity index (χ1) is 11.7. The summed E-state index contributed by atoms with van der Waals surface area (Å²) in [6, 6.07) is 12.5. The van der Waals surface area contributed by atoms with Gasteiger partial charge in [0.05, 0.1) is 5.02 Å². The van der Waals surface area contributed by atoms with Gasteiger partial charge in [-0.25, -0.2) is 4.39 Å². The fourth-order valence-corrected chi connectivity index (χ4v) is 2.73. The lowest BCUT2D eigenvalue weighted by atomic mass is 10.1. The number of ether oxygens (including phenoxy) is 1. The average molecular weight is 350 g/mol. The molecule has 0 aliphatic heterocycles. The Morgan fingerprint density at radius 2 is 1.88 bits per heavy atom. The van der Waals surface area contributed by atoms with Crippen LogP contribution >= 0.6 is 11.6 Å². The number of nitrogens with one attached hydrogen (secondary N) is 1. The van der Waals surface area contributed by atoms with Crippen LogP contribution in [0.15, 0.2) is 42.5 Å². The topological polar surface area (TPSA) is 21.3 Å². The van der Waals surface area contributed by atoms with Crippen LogP contribution in [0.3, 0.4) is 0 Å². The number of hydrogen-bond donors (Lipinski definition) is 1. The van der Waals surface area contributed by atoms with E-state index in [9.17, 15) is 4.39 Å². The van der Waals surface area contributed by atoms with Crippen molar-refractivity contribution in [1.29, 1.82) is 0 Å². The zero-order valence-corrected chi connectivity index (χ0v) is 14.9. The fraction of sp³-hybridized carbons (Fsp3) is 0.400. The Hall–Kier alpha value is -1.58. The number of rotatable bonds is 10. The van der Waals surface area contributed by atoms with Gasteiger partial charge in [-0.05, 0) is 31.2 Å². The minimum atomic E-state index is -0.339. The predicted octanol–water partition coefficient (Wildman–Crippen LogP) is 5.73. The van der Waals surface area contributed by atoms with Gasteiger partial charge in [0.1, 0.15) is 18.2 Å². The molecule has 2 aromatic carbocycles. The third-order valence-electron chi connectivity index (χ3n) is 3.93. The molecule has 0 saturated heterocycles. The molecule has 0 aliphatic carbocycles. The summed E-state index contributed by atoms with van der Waals surface area (Å²) >= 11 is 6.05. The van der Waals surface area contributed by atoms with E-state index >= 15 is 0 Å². The second kappa shape index (κ2) is 10.3. The van der Waals surface area contributed by atoms with Gasteiger partial charge in [-0.2, -0.15) is 0 Å². The molecular formula is C20H25ClFNO. The molecule has 0 aromatic heterocycles. The van der Waals surface area contributed by atoms with Gasteiger partial charge < -0.3 is 10.1 Å². The molecule has 130 valence electrons. The van der Waals surface area contributed by atoms with Gasteiger partial charge in [-0.15, -0.1) is 0 Å². The Balaban J connectivity index is 1.89. The molecule has 4 heteroatoms. The summed E-state index contributed by atoms with van der Waals surface area (Å²) in [7, 11) is 0. The van der Waals surface area contributed by atoms with Crippen LogP contribution in [0.1, 0.15) is 43.7 Å². The van der Waals surface area contributed by atoms with Gasteiger partial charge in [-0.1, -0.05) is 62.1 Å². The summed E-state index contributed by atoms with van der Waals surface area (Å²) in [6.45, 7) is 4.07. The Morgan fingerprint density at radius 3 is 2.67 bits per heavy atom. The molecule has 24 heavy (non-hydrogen) atoms. The van der Waals surface area contributed by atoms with Crippen LogP contribution in [0.4, 0.5) is 4.39 Å². The molecule has 2 rings (SSSR count). The van der Waals surface area contributed by atoms with E-state index in [1.54, 1.807) is 12.1 Å². The van der Waals surface area contributed by atoms with Crippen molar-refractivity contribution in [3.05, 3.63) is 64.4 Å². The van der Waals surface area contributed by atoms with Crippen molar-refractivity contribution < 1.29 is 9.13 Å². The monoisotopic (exact) mass is 349 g/mol. The van der Waals surface area contributed by atoms with Crippen LogP contribution < -0.4 is 10.1 Å². The molecule has 0 unspecified atom stereocenters. The smallest absolute Gasteiger partial charge is 0.131 e. The summed E-state index contributed by atoms with van der Waals surface area (Å²) < 4.78 is 19.6. The van der Waals surface area contributed by atoms with Gasteiger partial charge in [0.15, 0.2) is 0 Å². The maximum absolute atomic E-state index is 13.8. The highest BCUT2D eigenvalue weighted by molar-refractivity contribution is 6.31. The van der Waals surface area contributed by atoms with Crippen LogP contribution in [0.5, 0.6) is 5.75 Å². The summed E-state index contributed by atoms with van der Waals surface area (Å²) in [5.41, 5.74) is 1.46. The molecule has 2 aromatic rings. The Bertz CT molecular complexity index is 613. The van der Waals surface area contributed by atoms with E-state index in [2.05, 4.69) is 12.2 Å². The zero-order chi connectivity index (χ0) is 17.2. The average Bonchev–Trinajstić information content (AvgIpc) is 2.58. The fourth-order valence-electron chi connectivity index (χ4n) is 2.51. The maximum atomic E-state index is 13.8.